The topological polar surface area (TPSA) is 24.9 Å². The van der Waals surface area contributed by atoms with Gasteiger partial charge in [0.1, 0.15) is 0 Å². The first-order valence-electron chi connectivity index (χ1n) is 5.54. The molecule has 0 aliphatic rings. The molecule has 0 saturated heterocycles. The molecule has 18 heavy (non-hydrogen) atoms. The number of nitrogens with zero attached hydrogens (tertiary/aromatic N) is 1. The van der Waals surface area contributed by atoms with Gasteiger partial charge in [0.05, 0.1) is 10.2 Å². The molecule has 3 aromatic rings. The Morgan fingerprint density at radius 3 is 3.00 bits per heavy atom. The molecule has 0 radical (unpaired) electrons. The molecule has 1 N–H and O–H groups in total. The summed E-state index contributed by atoms with van der Waals surface area (Å²) in [4.78, 5) is 4.58. The first-order chi connectivity index (χ1) is 8.72. The van der Waals surface area contributed by atoms with Crippen LogP contribution in [-0.4, -0.2) is 4.98 Å². The van der Waals surface area contributed by atoms with Crippen LogP contribution in [0.25, 0.3) is 10.2 Å². The number of aryl methyl sites for hydroxylation is 1. The van der Waals surface area contributed by atoms with E-state index in [1.54, 1.807) is 22.7 Å². The Kier molecular flexibility index (Phi) is 3.37. The lowest BCUT2D eigenvalue weighted by Gasteiger charge is -2.00. The van der Waals surface area contributed by atoms with Gasteiger partial charge in [-0.15, -0.1) is 0 Å². The summed E-state index contributed by atoms with van der Waals surface area (Å²) >= 11 is 6.91. The third-order valence-corrected chi connectivity index (χ3v) is 5.14. The summed E-state index contributed by atoms with van der Waals surface area (Å²) in [6.45, 7) is 2.99. The van der Waals surface area contributed by atoms with Crippen molar-refractivity contribution in [1.82, 2.24) is 4.98 Å². The van der Waals surface area contributed by atoms with E-state index in [9.17, 15) is 0 Å². The van der Waals surface area contributed by atoms with Gasteiger partial charge in [-0.1, -0.05) is 27.3 Å². The average Bonchev–Trinajstić information content (AvgIpc) is 2.92. The number of nitrogens with one attached hydrogen (secondary N) is 1. The van der Waals surface area contributed by atoms with E-state index in [1.807, 2.05) is 12.1 Å². The number of aromatic nitrogens is 1. The second-order valence-corrected chi connectivity index (χ2v) is 6.75. The second kappa shape index (κ2) is 4.99. The van der Waals surface area contributed by atoms with Crippen LogP contribution in [-0.2, 0) is 6.54 Å². The third-order valence-electron chi connectivity index (χ3n) is 2.74. The van der Waals surface area contributed by atoms with E-state index in [0.29, 0.717) is 0 Å². The quantitative estimate of drug-likeness (QED) is 0.723. The Morgan fingerprint density at radius 1 is 1.33 bits per heavy atom. The van der Waals surface area contributed by atoms with E-state index in [4.69, 9.17) is 0 Å². The molecule has 0 unspecified atom stereocenters. The van der Waals surface area contributed by atoms with Gasteiger partial charge in [-0.3, -0.25) is 0 Å². The zero-order chi connectivity index (χ0) is 12.5. The molecule has 5 heteroatoms. The Labute approximate surface area is 122 Å². The highest BCUT2D eigenvalue weighted by atomic mass is 79.9. The molecule has 0 atom stereocenters. The maximum absolute atomic E-state index is 4.58. The summed E-state index contributed by atoms with van der Waals surface area (Å²) in [6, 6.07) is 6.19. The molecule has 0 aliphatic carbocycles. The number of rotatable bonds is 3. The van der Waals surface area contributed by atoms with Crippen molar-refractivity contribution in [2.45, 2.75) is 13.5 Å². The Bertz CT molecular complexity index is 687. The van der Waals surface area contributed by atoms with Gasteiger partial charge in [-0.2, -0.15) is 11.3 Å². The lowest BCUT2D eigenvalue weighted by atomic mass is 10.2. The molecule has 0 amide bonds. The number of halogens is 1. The Balaban J connectivity index is 1.81. The van der Waals surface area contributed by atoms with Crippen molar-refractivity contribution >= 4 is 54.0 Å². The van der Waals surface area contributed by atoms with Gasteiger partial charge < -0.3 is 5.32 Å². The zero-order valence-corrected chi connectivity index (χ0v) is 13.0. The van der Waals surface area contributed by atoms with Gasteiger partial charge in [-0.05, 0) is 47.0 Å². The molecule has 1 aromatic carbocycles. The summed E-state index contributed by atoms with van der Waals surface area (Å²) in [5, 5.41) is 8.74. The molecule has 2 nitrogen and oxygen atoms in total. The van der Waals surface area contributed by atoms with Crippen LogP contribution in [0.2, 0.25) is 0 Å². The number of benzene rings is 1. The predicted octanol–water partition coefficient (Wildman–Crippen LogP) is 5.04. The normalized spacial score (nSPS) is 11.0. The van der Waals surface area contributed by atoms with E-state index in [2.05, 4.69) is 50.0 Å². The summed E-state index contributed by atoms with van der Waals surface area (Å²) in [5.41, 5.74) is 3.73. The highest BCUT2D eigenvalue weighted by Gasteiger charge is 2.05. The zero-order valence-electron chi connectivity index (χ0n) is 9.74. The Morgan fingerprint density at radius 2 is 2.22 bits per heavy atom. The lowest BCUT2D eigenvalue weighted by Crippen LogP contribution is -1.98. The van der Waals surface area contributed by atoms with Crippen molar-refractivity contribution in [3.8, 4) is 0 Å². The molecule has 0 aliphatic heterocycles. The fraction of sp³-hybridized carbons (Fsp3) is 0.154. The van der Waals surface area contributed by atoms with Crippen molar-refractivity contribution in [2.75, 3.05) is 5.32 Å². The Hall–Kier alpha value is -0.910. The maximum Gasteiger partial charge on any atom is 0.184 e. The molecular formula is C13H11BrN2S2. The first kappa shape index (κ1) is 12.1. The summed E-state index contributed by atoms with van der Waals surface area (Å²) in [7, 11) is 0. The van der Waals surface area contributed by atoms with Gasteiger partial charge >= 0.3 is 0 Å². The van der Waals surface area contributed by atoms with Gasteiger partial charge in [-0.25, -0.2) is 4.98 Å². The van der Waals surface area contributed by atoms with Crippen LogP contribution >= 0.6 is 38.6 Å². The maximum atomic E-state index is 4.58. The molecule has 2 heterocycles. The predicted molar refractivity (Wildman–Crippen MR) is 83.7 cm³/mol. The number of hydrogen-bond acceptors (Lipinski definition) is 4. The van der Waals surface area contributed by atoms with Crippen LogP contribution in [0.3, 0.4) is 0 Å². The number of hydrogen-bond donors (Lipinski definition) is 1. The number of anilines is 1. The molecule has 0 saturated carbocycles. The van der Waals surface area contributed by atoms with Crippen molar-refractivity contribution in [1.29, 1.82) is 0 Å². The van der Waals surface area contributed by atoms with E-state index < -0.39 is 0 Å². The van der Waals surface area contributed by atoms with Gasteiger partial charge in [0.25, 0.3) is 0 Å². The monoisotopic (exact) mass is 338 g/mol. The summed E-state index contributed by atoms with van der Waals surface area (Å²) in [6.07, 6.45) is 0. The van der Waals surface area contributed by atoms with E-state index in [-0.39, 0.29) is 0 Å². The second-order valence-electron chi connectivity index (χ2n) is 4.06. The van der Waals surface area contributed by atoms with Crippen LogP contribution in [0.4, 0.5) is 5.13 Å². The highest BCUT2D eigenvalue weighted by molar-refractivity contribution is 9.10. The minimum atomic E-state index is 0.844. The number of thiazole rings is 1. The molecule has 92 valence electrons. The van der Waals surface area contributed by atoms with Gasteiger partial charge in [0.15, 0.2) is 5.13 Å². The molecule has 3 rings (SSSR count). The minimum Gasteiger partial charge on any atom is -0.357 e. The van der Waals surface area contributed by atoms with Crippen molar-refractivity contribution in [3.63, 3.8) is 0 Å². The lowest BCUT2D eigenvalue weighted by molar-refractivity contribution is 1.13. The number of fused-ring (bicyclic) bond motifs is 1. The van der Waals surface area contributed by atoms with Crippen molar-refractivity contribution in [3.05, 3.63) is 44.6 Å². The van der Waals surface area contributed by atoms with Gasteiger partial charge in [0, 0.05) is 11.0 Å². The van der Waals surface area contributed by atoms with Crippen LogP contribution < -0.4 is 5.32 Å². The molecule has 0 spiro atoms. The molecule has 0 bridgehead atoms. The smallest absolute Gasteiger partial charge is 0.184 e. The van der Waals surface area contributed by atoms with Crippen LogP contribution in [0.15, 0.2) is 33.4 Å². The largest absolute Gasteiger partial charge is 0.357 e. The molecule has 2 aromatic heterocycles. The fourth-order valence-corrected chi connectivity index (χ4v) is 3.76. The third kappa shape index (κ3) is 2.43. The van der Waals surface area contributed by atoms with E-state index >= 15 is 0 Å². The number of thiophene rings is 1. The van der Waals surface area contributed by atoms with Crippen LogP contribution in [0, 0.1) is 6.92 Å². The van der Waals surface area contributed by atoms with E-state index in [0.717, 1.165) is 21.7 Å². The van der Waals surface area contributed by atoms with Crippen molar-refractivity contribution in [2.24, 2.45) is 0 Å². The van der Waals surface area contributed by atoms with Crippen LogP contribution in [0.5, 0.6) is 0 Å². The molecular weight excluding hydrogens is 328 g/mol. The highest BCUT2D eigenvalue weighted by Crippen LogP contribution is 2.28. The van der Waals surface area contributed by atoms with E-state index in [1.165, 1.54) is 15.8 Å². The summed E-state index contributed by atoms with van der Waals surface area (Å²) < 4.78 is 2.28. The van der Waals surface area contributed by atoms with Crippen molar-refractivity contribution < 1.29 is 0 Å². The first-order valence-corrected chi connectivity index (χ1v) is 8.09. The average molecular weight is 339 g/mol. The van der Waals surface area contributed by atoms with Crippen LogP contribution in [0.1, 0.15) is 11.1 Å². The summed E-state index contributed by atoms with van der Waals surface area (Å²) in [5.74, 6) is 0. The SMILES string of the molecule is Cc1cscc1CNc1nc2cc(Br)ccc2s1. The van der Waals surface area contributed by atoms with Gasteiger partial charge in [0.2, 0.25) is 0 Å². The minimum absolute atomic E-state index is 0.844. The standard InChI is InChI=1S/C13H11BrN2S2/c1-8-6-17-7-9(8)5-15-13-16-11-4-10(14)2-3-12(11)18-13/h2-4,6-7H,5H2,1H3,(H,15,16). The molecule has 0 fully saturated rings. The fourth-order valence-electron chi connectivity index (χ4n) is 1.71.